The Morgan fingerprint density at radius 2 is 2.33 bits per heavy atom. The van der Waals surface area contributed by atoms with Crippen molar-refractivity contribution < 1.29 is 4.74 Å². The van der Waals surface area contributed by atoms with E-state index >= 15 is 0 Å². The van der Waals surface area contributed by atoms with Crippen molar-refractivity contribution in [3.05, 3.63) is 28.2 Å². The third-order valence-electron chi connectivity index (χ3n) is 3.41. The van der Waals surface area contributed by atoms with E-state index in [1.165, 1.54) is 18.5 Å². The molecule has 18 heavy (non-hydrogen) atoms. The topological polar surface area (TPSA) is 12.5 Å². The zero-order chi connectivity index (χ0) is 13.0. The Balaban J connectivity index is 1.99. The van der Waals surface area contributed by atoms with Gasteiger partial charge in [-0.05, 0) is 36.5 Å². The molecule has 0 spiro atoms. The van der Waals surface area contributed by atoms with Gasteiger partial charge in [0.15, 0.2) is 0 Å². The average molecular weight is 333 g/mol. The third kappa shape index (κ3) is 3.62. The second-order valence-corrected chi connectivity index (χ2v) is 5.99. The van der Waals surface area contributed by atoms with E-state index in [0.29, 0.717) is 11.8 Å². The molecule has 100 valence electrons. The molecule has 1 saturated heterocycles. The lowest BCUT2D eigenvalue weighted by atomic mass is 10.0. The van der Waals surface area contributed by atoms with Crippen LogP contribution in [0.5, 0.6) is 0 Å². The summed E-state index contributed by atoms with van der Waals surface area (Å²) in [5.41, 5.74) is 2.36. The molecule has 1 aliphatic heterocycles. The number of anilines is 1. The van der Waals surface area contributed by atoms with Crippen LogP contribution >= 0.6 is 27.5 Å². The quantitative estimate of drug-likeness (QED) is 0.771. The Morgan fingerprint density at radius 1 is 1.50 bits per heavy atom. The molecule has 1 aliphatic rings. The smallest absolute Gasteiger partial charge is 0.0511 e. The Hall–Kier alpha value is -0.250. The van der Waals surface area contributed by atoms with E-state index in [9.17, 15) is 0 Å². The fourth-order valence-corrected chi connectivity index (χ4v) is 3.23. The van der Waals surface area contributed by atoms with Gasteiger partial charge in [0.25, 0.3) is 0 Å². The molecular formula is C14H19BrClNO. The SMILES string of the molecule is CN(CC1CCCOC1)c1ccc(CCl)c(Br)c1. The van der Waals surface area contributed by atoms with Gasteiger partial charge in [-0.25, -0.2) is 0 Å². The highest BCUT2D eigenvalue weighted by atomic mass is 79.9. The zero-order valence-electron chi connectivity index (χ0n) is 10.7. The van der Waals surface area contributed by atoms with E-state index in [0.717, 1.165) is 29.8 Å². The van der Waals surface area contributed by atoms with E-state index in [1.54, 1.807) is 0 Å². The number of rotatable bonds is 4. The van der Waals surface area contributed by atoms with Crippen molar-refractivity contribution in [3.8, 4) is 0 Å². The van der Waals surface area contributed by atoms with Crippen LogP contribution in [0.3, 0.4) is 0 Å². The standard InChI is InChI=1S/C14H19BrClNO/c1-17(9-11-3-2-6-18-10-11)13-5-4-12(8-16)14(15)7-13/h4-5,7,11H,2-3,6,8-10H2,1H3. The highest BCUT2D eigenvalue weighted by molar-refractivity contribution is 9.10. The fourth-order valence-electron chi connectivity index (χ4n) is 2.33. The molecule has 2 rings (SSSR count). The first-order chi connectivity index (χ1) is 8.70. The molecule has 1 aromatic rings. The van der Waals surface area contributed by atoms with Crippen LogP contribution in [0.15, 0.2) is 22.7 Å². The largest absolute Gasteiger partial charge is 0.381 e. The van der Waals surface area contributed by atoms with E-state index in [-0.39, 0.29) is 0 Å². The van der Waals surface area contributed by atoms with Crippen LogP contribution in [0, 0.1) is 5.92 Å². The Morgan fingerprint density at radius 3 is 2.94 bits per heavy atom. The van der Waals surface area contributed by atoms with Gasteiger partial charge < -0.3 is 9.64 Å². The highest BCUT2D eigenvalue weighted by Crippen LogP contribution is 2.26. The summed E-state index contributed by atoms with van der Waals surface area (Å²) in [6, 6.07) is 6.36. The maximum absolute atomic E-state index is 5.86. The summed E-state index contributed by atoms with van der Waals surface area (Å²) < 4.78 is 6.61. The van der Waals surface area contributed by atoms with Crippen molar-refractivity contribution in [1.82, 2.24) is 0 Å². The highest BCUT2D eigenvalue weighted by Gasteiger charge is 2.16. The van der Waals surface area contributed by atoms with E-state index in [2.05, 4.69) is 46.1 Å². The second-order valence-electron chi connectivity index (χ2n) is 4.87. The number of nitrogens with zero attached hydrogens (tertiary/aromatic N) is 1. The van der Waals surface area contributed by atoms with Gasteiger partial charge >= 0.3 is 0 Å². The summed E-state index contributed by atoms with van der Waals surface area (Å²) in [7, 11) is 2.14. The molecule has 0 saturated carbocycles. The van der Waals surface area contributed by atoms with Gasteiger partial charge in [0, 0.05) is 36.2 Å². The molecule has 0 bridgehead atoms. The van der Waals surface area contributed by atoms with Crippen molar-refractivity contribution in [2.45, 2.75) is 18.7 Å². The van der Waals surface area contributed by atoms with Crippen LogP contribution in [0.1, 0.15) is 18.4 Å². The number of halogens is 2. The van der Waals surface area contributed by atoms with Crippen LogP contribution in [-0.2, 0) is 10.6 Å². The van der Waals surface area contributed by atoms with Crippen molar-refractivity contribution in [3.63, 3.8) is 0 Å². The number of hydrogen-bond acceptors (Lipinski definition) is 2. The molecule has 0 N–H and O–H groups in total. The minimum absolute atomic E-state index is 0.543. The molecule has 1 heterocycles. The average Bonchev–Trinajstić information content (AvgIpc) is 2.39. The molecule has 2 nitrogen and oxygen atoms in total. The summed E-state index contributed by atoms with van der Waals surface area (Å²) in [6.45, 7) is 2.87. The van der Waals surface area contributed by atoms with Gasteiger partial charge in [0.2, 0.25) is 0 Å². The molecule has 0 radical (unpaired) electrons. The third-order valence-corrected chi connectivity index (χ3v) is 4.43. The first kappa shape index (κ1) is 14.2. The molecule has 1 unspecified atom stereocenters. The van der Waals surface area contributed by atoms with Crippen LogP contribution < -0.4 is 4.90 Å². The zero-order valence-corrected chi connectivity index (χ0v) is 13.0. The number of ether oxygens (including phenoxy) is 1. The van der Waals surface area contributed by atoms with E-state index in [4.69, 9.17) is 16.3 Å². The number of hydrogen-bond donors (Lipinski definition) is 0. The summed E-state index contributed by atoms with van der Waals surface area (Å²) in [5, 5.41) is 0. The molecule has 1 fully saturated rings. The van der Waals surface area contributed by atoms with Crippen molar-refractivity contribution in [2.24, 2.45) is 5.92 Å². The normalized spacial score (nSPS) is 19.8. The lowest BCUT2D eigenvalue weighted by Crippen LogP contribution is -2.30. The van der Waals surface area contributed by atoms with Crippen molar-refractivity contribution in [1.29, 1.82) is 0 Å². The van der Waals surface area contributed by atoms with Gasteiger partial charge in [-0.3, -0.25) is 0 Å². The Bertz CT molecular complexity index is 393. The summed E-state index contributed by atoms with van der Waals surface area (Å²) in [6.07, 6.45) is 2.46. The van der Waals surface area contributed by atoms with Crippen LogP contribution in [0.25, 0.3) is 0 Å². The van der Waals surface area contributed by atoms with E-state index in [1.807, 2.05) is 0 Å². The minimum Gasteiger partial charge on any atom is -0.381 e. The molecule has 4 heteroatoms. The summed E-state index contributed by atoms with van der Waals surface area (Å²) in [4.78, 5) is 2.29. The predicted octanol–water partition coefficient (Wildman–Crippen LogP) is 4.05. The molecular weight excluding hydrogens is 314 g/mol. The second kappa shape index (κ2) is 6.78. The van der Waals surface area contributed by atoms with Crippen LogP contribution in [0.2, 0.25) is 0 Å². The van der Waals surface area contributed by atoms with Crippen molar-refractivity contribution in [2.75, 3.05) is 31.7 Å². The molecule has 0 aliphatic carbocycles. The monoisotopic (exact) mass is 331 g/mol. The molecule has 1 aromatic carbocycles. The lowest BCUT2D eigenvalue weighted by Gasteiger charge is -2.28. The first-order valence-corrected chi connectivity index (χ1v) is 7.66. The summed E-state index contributed by atoms with van der Waals surface area (Å²) >= 11 is 9.42. The van der Waals surface area contributed by atoms with Gasteiger partial charge in [-0.2, -0.15) is 0 Å². The van der Waals surface area contributed by atoms with Crippen LogP contribution in [-0.4, -0.2) is 26.8 Å². The Kier molecular flexibility index (Phi) is 5.34. The number of alkyl halides is 1. The van der Waals surface area contributed by atoms with Gasteiger partial charge in [-0.15, -0.1) is 11.6 Å². The van der Waals surface area contributed by atoms with Crippen molar-refractivity contribution >= 4 is 33.2 Å². The maximum atomic E-state index is 5.86. The van der Waals surface area contributed by atoms with Gasteiger partial charge in [0.1, 0.15) is 0 Å². The molecule has 0 amide bonds. The molecule has 1 atom stereocenters. The number of benzene rings is 1. The Labute approximate surface area is 122 Å². The molecule has 0 aromatic heterocycles. The van der Waals surface area contributed by atoms with Crippen LogP contribution in [0.4, 0.5) is 5.69 Å². The first-order valence-electron chi connectivity index (χ1n) is 6.34. The maximum Gasteiger partial charge on any atom is 0.0511 e. The predicted molar refractivity (Wildman–Crippen MR) is 80.5 cm³/mol. The summed E-state index contributed by atoms with van der Waals surface area (Å²) in [5.74, 6) is 1.19. The van der Waals surface area contributed by atoms with Gasteiger partial charge in [0.05, 0.1) is 6.61 Å². The fraction of sp³-hybridized carbons (Fsp3) is 0.571. The minimum atomic E-state index is 0.543. The van der Waals surface area contributed by atoms with E-state index < -0.39 is 0 Å². The van der Waals surface area contributed by atoms with Gasteiger partial charge in [-0.1, -0.05) is 22.0 Å². The lowest BCUT2D eigenvalue weighted by molar-refractivity contribution is 0.0576.